The van der Waals surface area contributed by atoms with Gasteiger partial charge < -0.3 is 0 Å². The Morgan fingerprint density at radius 3 is 2.12 bits per heavy atom. The third-order valence-corrected chi connectivity index (χ3v) is 6.20. The Morgan fingerprint density at radius 1 is 1.04 bits per heavy atom. The zero-order chi connectivity index (χ0) is 17.9. The molecule has 24 heavy (non-hydrogen) atoms. The zero-order valence-corrected chi connectivity index (χ0v) is 16.0. The van der Waals surface area contributed by atoms with E-state index < -0.39 is 37.4 Å². The first kappa shape index (κ1) is 18.4. The van der Waals surface area contributed by atoms with Crippen molar-refractivity contribution in [2.24, 2.45) is 0 Å². The Morgan fingerprint density at radius 2 is 1.62 bits per heavy atom. The fourth-order valence-corrected chi connectivity index (χ4v) is 3.63. The summed E-state index contributed by atoms with van der Waals surface area (Å²) < 4.78 is 38.3. The molecule has 0 spiro atoms. The first-order valence-electron chi connectivity index (χ1n) is 6.93. The quantitative estimate of drug-likeness (QED) is 0.706. The van der Waals surface area contributed by atoms with E-state index in [1.165, 1.54) is 0 Å². The van der Waals surface area contributed by atoms with E-state index in [-0.39, 0.29) is 11.5 Å². The van der Waals surface area contributed by atoms with E-state index in [1.807, 2.05) is 0 Å². The summed E-state index contributed by atoms with van der Waals surface area (Å²) in [5.74, 6) is -0.166. The number of hydrogen-bond donors (Lipinski definition) is 2. The van der Waals surface area contributed by atoms with Crippen LogP contribution in [0.25, 0.3) is 0 Å². The molecule has 1 aromatic heterocycles. The molecule has 0 bridgehead atoms. The van der Waals surface area contributed by atoms with Crippen molar-refractivity contribution in [3.8, 4) is 0 Å². The molecular formula is C14H15F3N5OSn. The first-order valence-corrected chi connectivity index (χ1v) is 14.1. The van der Waals surface area contributed by atoms with Crippen LogP contribution in [0.3, 0.4) is 0 Å². The number of nitrogens with one attached hydrogen (secondary N) is 2. The van der Waals surface area contributed by atoms with Crippen LogP contribution in [-0.2, 0) is 6.18 Å². The first-order chi connectivity index (χ1) is 11.2. The van der Waals surface area contributed by atoms with Crippen molar-refractivity contribution in [1.82, 2.24) is 15.0 Å². The van der Waals surface area contributed by atoms with Gasteiger partial charge in [-0.15, -0.1) is 0 Å². The summed E-state index contributed by atoms with van der Waals surface area (Å²) in [6, 6.07) is 3.94. The third kappa shape index (κ3) is 4.55. The van der Waals surface area contributed by atoms with E-state index in [2.05, 4.69) is 35.5 Å². The van der Waals surface area contributed by atoms with Crippen LogP contribution < -0.4 is 14.5 Å². The number of benzene rings is 1. The number of aromatic nitrogens is 3. The molecule has 2 N–H and O–H groups in total. The second-order valence-electron chi connectivity index (χ2n) is 5.09. The van der Waals surface area contributed by atoms with Gasteiger partial charge in [-0.1, -0.05) is 0 Å². The fourth-order valence-electron chi connectivity index (χ4n) is 1.75. The van der Waals surface area contributed by atoms with Crippen LogP contribution in [0.4, 0.5) is 25.1 Å². The number of carbonyl (C=O) groups is 1. The van der Waals surface area contributed by atoms with Gasteiger partial charge in [-0.2, -0.15) is 0 Å². The van der Waals surface area contributed by atoms with Crippen LogP contribution in [0.1, 0.15) is 15.9 Å². The van der Waals surface area contributed by atoms with Crippen LogP contribution in [0, 0.1) is 0 Å². The number of nitrogens with zero attached hydrogens (tertiary/aromatic N) is 3. The molecule has 2 rings (SSSR count). The maximum atomic E-state index is 12.5. The Balaban J connectivity index is 2.21. The second-order valence-corrected chi connectivity index (χ2v) is 12.1. The molecule has 0 atom stereocenters. The number of alkyl halides is 3. The minimum absolute atomic E-state index is 0.0797. The summed E-state index contributed by atoms with van der Waals surface area (Å²) in [5, 5.41) is 5.29. The van der Waals surface area contributed by atoms with Crippen LogP contribution in [0.15, 0.2) is 24.3 Å². The van der Waals surface area contributed by atoms with E-state index in [9.17, 15) is 18.0 Å². The predicted octanol–water partition coefficient (Wildman–Crippen LogP) is 2.15. The van der Waals surface area contributed by atoms with Crippen molar-refractivity contribution in [1.29, 1.82) is 0 Å². The number of carbonyl (C=O) groups excluding carboxylic acids is 1. The van der Waals surface area contributed by atoms with Gasteiger partial charge in [-0.05, 0) is 0 Å². The van der Waals surface area contributed by atoms with Gasteiger partial charge in [0.25, 0.3) is 0 Å². The molecule has 0 aliphatic heterocycles. The summed E-state index contributed by atoms with van der Waals surface area (Å²) >= 11 is -1.88. The van der Waals surface area contributed by atoms with E-state index in [1.54, 1.807) is 7.05 Å². The zero-order valence-electron chi connectivity index (χ0n) is 13.2. The molecule has 0 aliphatic rings. The summed E-state index contributed by atoms with van der Waals surface area (Å²) in [6.07, 6.45) is -4.44. The van der Waals surface area contributed by atoms with Crippen molar-refractivity contribution in [2.75, 3.05) is 17.7 Å². The van der Waals surface area contributed by atoms with E-state index in [0.29, 0.717) is 9.79 Å². The van der Waals surface area contributed by atoms with Crippen LogP contribution in [-0.4, -0.2) is 47.7 Å². The minimum atomic E-state index is -4.44. The van der Waals surface area contributed by atoms with Gasteiger partial charge in [-0.3, -0.25) is 0 Å². The SMILES string of the molecule is CNc1nc(NC(=O)c2ccc(C(F)(F)F)cc2)n[c]([Sn]([CH3])[CH3])n1. The molecule has 0 saturated heterocycles. The molecule has 6 nitrogen and oxygen atoms in total. The van der Waals surface area contributed by atoms with Gasteiger partial charge in [0.05, 0.1) is 0 Å². The molecule has 127 valence electrons. The van der Waals surface area contributed by atoms with Crippen LogP contribution in [0.2, 0.25) is 9.88 Å². The molecule has 0 fully saturated rings. The van der Waals surface area contributed by atoms with Crippen molar-refractivity contribution in [2.45, 2.75) is 16.1 Å². The van der Waals surface area contributed by atoms with Crippen molar-refractivity contribution in [3.63, 3.8) is 0 Å². The predicted molar refractivity (Wildman–Crippen MR) is 85.9 cm³/mol. The molecule has 0 unspecified atom stereocenters. The van der Waals surface area contributed by atoms with Crippen molar-refractivity contribution >= 4 is 41.4 Å². The summed E-state index contributed by atoms with van der Waals surface area (Å²) in [6.45, 7) is 0. The fraction of sp³-hybridized carbons (Fsp3) is 0.286. The molecule has 1 amide bonds. The average Bonchev–Trinajstić information content (AvgIpc) is 2.53. The van der Waals surface area contributed by atoms with E-state index in [0.717, 1.165) is 24.3 Å². The van der Waals surface area contributed by atoms with Crippen LogP contribution >= 0.6 is 0 Å². The van der Waals surface area contributed by atoms with E-state index >= 15 is 0 Å². The third-order valence-electron chi connectivity index (χ3n) is 3.01. The molecule has 10 heteroatoms. The number of amides is 1. The molecule has 0 saturated carbocycles. The Hall–Kier alpha value is -1.91. The molecule has 2 aromatic rings. The monoisotopic (exact) mass is 446 g/mol. The summed E-state index contributed by atoms with van der Waals surface area (Å²) in [7, 11) is 1.65. The topological polar surface area (TPSA) is 79.8 Å². The number of halogens is 3. The Labute approximate surface area is 143 Å². The van der Waals surface area contributed by atoms with Crippen LogP contribution in [0.5, 0.6) is 0 Å². The van der Waals surface area contributed by atoms with Crippen molar-refractivity contribution in [3.05, 3.63) is 35.4 Å². The average molecular weight is 445 g/mol. The Kier molecular flexibility index (Phi) is 5.62. The van der Waals surface area contributed by atoms with Gasteiger partial charge >= 0.3 is 143 Å². The normalized spacial score (nSPS) is 11.5. The molecule has 1 radical (unpaired) electrons. The summed E-state index contributed by atoms with van der Waals surface area (Å²) in [5.41, 5.74) is -0.727. The maximum absolute atomic E-state index is 12.5. The van der Waals surface area contributed by atoms with Crippen molar-refractivity contribution < 1.29 is 18.0 Å². The molecule has 0 aliphatic carbocycles. The molecule has 1 aromatic carbocycles. The molecular weight excluding hydrogens is 430 g/mol. The number of hydrogen-bond acceptors (Lipinski definition) is 5. The van der Waals surface area contributed by atoms with Gasteiger partial charge in [-0.25, -0.2) is 0 Å². The van der Waals surface area contributed by atoms with Gasteiger partial charge in [0, 0.05) is 0 Å². The second kappa shape index (κ2) is 7.32. The Bertz CT molecular complexity index is 734. The van der Waals surface area contributed by atoms with E-state index in [4.69, 9.17) is 0 Å². The number of anilines is 2. The summed E-state index contributed by atoms with van der Waals surface area (Å²) in [4.78, 5) is 28.8. The van der Waals surface area contributed by atoms with Gasteiger partial charge in [0.1, 0.15) is 0 Å². The van der Waals surface area contributed by atoms with Gasteiger partial charge in [0.2, 0.25) is 0 Å². The van der Waals surface area contributed by atoms with Gasteiger partial charge in [0.15, 0.2) is 0 Å². The molecule has 1 heterocycles. The number of rotatable bonds is 4. The standard InChI is InChI=1S/C12H9F3N5O.2CH3.Sn/c1-16-10-17-6-18-11(20-10)19-9(21)7-2-4-8(5-3-7)12(13,14)15;;;/h2-5H,1H3,(H2,16,17,18,19,20,21);2*1H3;.